The van der Waals surface area contributed by atoms with Crippen LogP contribution in [-0.2, 0) is 0 Å². The Morgan fingerprint density at radius 2 is 1.36 bits per heavy atom. The summed E-state index contributed by atoms with van der Waals surface area (Å²) in [5.41, 5.74) is 8.61. The van der Waals surface area contributed by atoms with Gasteiger partial charge < -0.3 is 0 Å². The van der Waals surface area contributed by atoms with Gasteiger partial charge in [-0.15, -0.1) is 11.3 Å². The minimum atomic E-state index is 0.938. The molecule has 0 fully saturated rings. The fourth-order valence-corrected chi connectivity index (χ4v) is 6.31. The van der Waals surface area contributed by atoms with Crippen LogP contribution in [0.3, 0.4) is 0 Å². The molecule has 0 aliphatic rings. The quantitative estimate of drug-likeness (QED) is 0.236. The van der Waals surface area contributed by atoms with Gasteiger partial charge in [-0.2, -0.15) is 0 Å². The third-order valence-electron chi connectivity index (χ3n) is 6.91. The summed E-state index contributed by atoms with van der Waals surface area (Å²) >= 11 is 1.79. The summed E-state index contributed by atoms with van der Waals surface area (Å²) in [6, 6.07) is 32.0. The third-order valence-corrected chi connectivity index (χ3v) is 8.07. The molecule has 36 heavy (non-hydrogen) atoms. The maximum atomic E-state index is 4.91. The third kappa shape index (κ3) is 2.84. The van der Waals surface area contributed by atoms with E-state index in [0.717, 1.165) is 38.5 Å². The number of pyridine rings is 3. The van der Waals surface area contributed by atoms with Crippen LogP contribution in [0.15, 0.2) is 110 Å². The fraction of sp³-hybridized carbons (Fsp3) is 0. The summed E-state index contributed by atoms with van der Waals surface area (Å²) in [6.07, 6.45) is 5.87. The number of hydrogen-bond acceptors (Lipinski definition) is 4. The summed E-state index contributed by atoms with van der Waals surface area (Å²) in [7, 11) is 0. The molecule has 0 aliphatic heterocycles. The van der Waals surface area contributed by atoms with Crippen LogP contribution in [0.25, 0.3) is 70.1 Å². The second kappa shape index (κ2) is 7.44. The van der Waals surface area contributed by atoms with Gasteiger partial charge in [0.05, 0.1) is 11.0 Å². The molecule has 4 nitrogen and oxygen atoms in total. The van der Waals surface area contributed by atoms with Crippen LogP contribution >= 0.6 is 11.3 Å². The lowest BCUT2D eigenvalue weighted by atomic mass is 9.96. The van der Waals surface area contributed by atoms with E-state index in [-0.39, 0.29) is 0 Å². The summed E-state index contributed by atoms with van der Waals surface area (Å²) in [5, 5.41) is 3.43. The van der Waals surface area contributed by atoms with Gasteiger partial charge in [0.2, 0.25) is 0 Å². The van der Waals surface area contributed by atoms with Crippen molar-refractivity contribution < 1.29 is 0 Å². The van der Waals surface area contributed by atoms with Crippen LogP contribution in [0.5, 0.6) is 0 Å². The zero-order valence-electron chi connectivity index (χ0n) is 19.1. The van der Waals surface area contributed by atoms with E-state index in [1.165, 1.54) is 31.6 Å². The lowest BCUT2D eigenvalue weighted by molar-refractivity contribution is 1.24. The maximum Gasteiger partial charge on any atom is 0.138 e. The van der Waals surface area contributed by atoms with Crippen molar-refractivity contribution in [2.45, 2.75) is 0 Å². The Morgan fingerprint density at radius 1 is 0.611 bits per heavy atom. The van der Waals surface area contributed by atoms with Gasteiger partial charge in [-0.05, 0) is 58.7 Å². The van der Waals surface area contributed by atoms with E-state index < -0.39 is 0 Å². The lowest BCUT2D eigenvalue weighted by Crippen LogP contribution is -1.89. The number of aromatic nitrogens is 4. The largest absolute Gasteiger partial charge is 0.290 e. The smallest absolute Gasteiger partial charge is 0.138 e. The van der Waals surface area contributed by atoms with Crippen LogP contribution in [0.1, 0.15) is 0 Å². The highest BCUT2D eigenvalue weighted by Crippen LogP contribution is 2.36. The Balaban J connectivity index is 1.26. The van der Waals surface area contributed by atoms with Crippen molar-refractivity contribution >= 4 is 59.2 Å². The SMILES string of the molecule is c1cnc2c(c1)cc(-c1ccc(-c3ccc4nc5c6ccccc6sc5n4c3)cc1)c1cccnc12. The van der Waals surface area contributed by atoms with Crippen LogP contribution in [-0.4, -0.2) is 19.4 Å². The topological polar surface area (TPSA) is 43.1 Å². The molecule has 0 unspecified atom stereocenters. The monoisotopic (exact) mass is 478 g/mol. The molecule has 0 spiro atoms. The van der Waals surface area contributed by atoms with Crippen molar-refractivity contribution in [1.29, 1.82) is 0 Å². The molecule has 0 atom stereocenters. The van der Waals surface area contributed by atoms with E-state index >= 15 is 0 Å². The molecule has 0 saturated carbocycles. The molecule has 0 aliphatic carbocycles. The number of benzene rings is 3. The first-order chi connectivity index (χ1) is 17.8. The molecule has 0 radical (unpaired) electrons. The van der Waals surface area contributed by atoms with E-state index in [0.29, 0.717) is 0 Å². The van der Waals surface area contributed by atoms with Gasteiger partial charge in [0.25, 0.3) is 0 Å². The zero-order valence-corrected chi connectivity index (χ0v) is 19.9. The van der Waals surface area contributed by atoms with Gasteiger partial charge in [0.1, 0.15) is 16.0 Å². The minimum Gasteiger partial charge on any atom is -0.290 e. The highest BCUT2D eigenvalue weighted by Gasteiger charge is 2.13. The first-order valence-corrected chi connectivity index (χ1v) is 12.7. The van der Waals surface area contributed by atoms with Crippen molar-refractivity contribution in [1.82, 2.24) is 19.4 Å². The van der Waals surface area contributed by atoms with E-state index in [1.807, 2.05) is 24.5 Å². The van der Waals surface area contributed by atoms with Crippen LogP contribution in [0, 0.1) is 0 Å². The number of thiophene rings is 1. The highest BCUT2D eigenvalue weighted by atomic mass is 32.1. The van der Waals surface area contributed by atoms with Gasteiger partial charge in [-0.1, -0.05) is 54.6 Å². The molecule has 5 heteroatoms. The average Bonchev–Trinajstić information content (AvgIpc) is 3.49. The first-order valence-electron chi connectivity index (χ1n) is 11.9. The van der Waals surface area contributed by atoms with Gasteiger partial charge in [0.15, 0.2) is 0 Å². The fourth-order valence-electron chi connectivity index (χ4n) is 5.18. The molecule has 8 rings (SSSR count). The maximum absolute atomic E-state index is 4.91. The molecule has 5 heterocycles. The Kier molecular flexibility index (Phi) is 4.07. The van der Waals surface area contributed by atoms with Gasteiger partial charge >= 0.3 is 0 Å². The molecule has 0 N–H and O–H groups in total. The summed E-state index contributed by atoms with van der Waals surface area (Å²) in [5.74, 6) is 0. The molecule has 3 aromatic carbocycles. The summed E-state index contributed by atoms with van der Waals surface area (Å²) in [4.78, 5) is 15.3. The van der Waals surface area contributed by atoms with Crippen LogP contribution < -0.4 is 0 Å². The predicted molar refractivity (Wildman–Crippen MR) is 150 cm³/mol. The van der Waals surface area contributed by atoms with Crippen LogP contribution in [0.2, 0.25) is 0 Å². The Labute approximate surface area is 210 Å². The summed E-state index contributed by atoms with van der Waals surface area (Å²) in [6.45, 7) is 0. The number of hydrogen-bond donors (Lipinski definition) is 0. The standard InChI is InChI=1S/C31H18N4S/c1-2-8-26-24(6-1)30-31(36-26)35-18-22(13-14-27(35)34-30)19-9-11-20(12-10-19)25-17-21-5-3-15-32-28(21)29-23(25)7-4-16-33-29/h1-18H. The predicted octanol–water partition coefficient (Wildman–Crippen LogP) is 8.13. The van der Waals surface area contributed by atoms with Crippen molar-refractivity contribution in [2.24, 2.45) is 0 Å². The second-order valence-corrected chi connectivity index (χ2v) is 10.0. The van der Waals surface area contributed by atoms with Gasteiger partial charge in [0, 0.05) is 39.4 Å². The average molecular weight is 479 g/mol. The lowest BCUT2D eigenvalue weighted by Gasteiger charge is -2.10. The number of fused-ring (bicyclic) bond motifs is 8. The van der Waals surface area contributed by atoms with Crippen molar-refractivity contribution in [3.8, 4) is 22.3 Å². The molecule has 168 valence electrons. The molecule has 0 bridgehead atoms. The van der Waals surface area contributed by atoms with Gasteiger partial charge in [-0.3, -0.25) is 14.4 Å². The highest BCUT2D eigenvalue weighted by molar-refractivity contribution is 7.25. The van der Waals surface area contributed by atoms with E-state index in [2.05, 4.69) is 99.4 Å². The molecule has 0 amide bonds. The Hall–Kier alpha value is -4.61. The number of imidazole rings is 1. The molecule has 5 aromatic heterocycles. The molecule has 0 saturated heterocycles. The van der Waals surface area contributed by atoms with Gasteiger partial charge in [-0.25, -0.2) is 4.98 Å². The Morgan fingerprint density at radius 3 is 2.28 bits per heavy atom. The second-order valence-electron chi connectivity index (χ2n) is 8.99. The van der Waals surface area contributed by atoms with Crippen molar-refractivity contribution in [3.05, 3.63) is 110 Å². The van der Waals surface area contributed by atoms with E-state index in [1.54, 1.807) is 11.3 Å². The number of nitrogens with zero attached hydrogens (tertiary/aromatic N) is 4. The molecule has 8 aromatic rings. The zero-order chi connectivity index (χ0) is 23.6. The van der Waals surface area contributed by atoms with Crippen LogP contribution in [0.4, 0.5) is 0 Å². The molecular formula is C31H18N4S. The Bertz CT molecular complexity index is 2100. The normalized spacial score (nSPS) is 11.9. The number of rotatable bonds is 2. The van der Waals surface area contributed by atoms with E-state index in [4.69, 9.17) is 4.98 Å². The molecular weight excluding hydrogens is 460 g/mol. The first kappa shape index (κ1) is 19.7. The minimum absolute atomic E-state index is 0.938. The van der Waals surface area contributed by atoms with Crippen molar-refractivity contribution in [2.75, 3.05) is 0 Å². The summed E-state index contributed by atoms with van der Waals surface area (Å²) < 4.78 is 3.49. The van der Waals surface area contributed by atoms with E-state index in [9.17, 15) is 0 Å². The van der Waals surface area contributed by atoms with Crippen molar-refractivity contribution in [3.63, 3.8) is 0 Å².